The molecule has 0 saturated carbocycles. The fourth-order valence-electron chi connectivity index (χ4n) is 1.61. The lowest BCUT2D eigenvalue weighted by Gasteiger charge is -2.10. The lowest BCUT2D eigenvalue weighted by atomic mass is 10.2. The standard InChI is InChI=1S/C14H11ClINO2/c1-19-13-5-3-2-4-12(13)17-14(18)10-8-9(15)6-7-11(10)16/h2-8H,1H3,(H,17,18). The number of methoxy groups -OCH3 is 1. The number of rotatable bonds is 3. The molecule has 2 aromatic rings. The molecule has 0 aliphatic heterocycles. The highest BCUT2D eigenvalue weighted by Gasteiger charge is 2.12. The van der Waals surface area contributed by atoms with Crippen molar-refractivity contribution in [1.82, 2.24) is 0 Å². The third-order valence-corrected chi connectivity index (χ3v) is 3.70. The number of hydrogen-bond donors (Lipinski definition) is 1. The molecule has 0 aromatic heterocycles. The molecule has 0 radical (unpaired) electrons. The second-order valence-corrected chi connectivity index (χ2v) is 5.38. The monoisotopic (exact) mass is 387 g/mol. The van der Waals surface area contributed by atoms with Crippen LogP contribution in [0.15, 0.2) is 42.5 Å². The van der Waals surface area contributed by atoms with E-state index in [4.69, 9.17) is 16.3 Å². The average Bonchev–Trinajstić information content (AvgIpc) is 2.42. The summed E-state index contributed by atoms with van der Waals surface area (Å²) >= 11 is 8.02. The number of para-hydroxylation sites is 2. The van der Waals surface area contributed by atoms with E-state index in [1.807, 2.05) is 12.1 Å². The number of halogens is 2. The molecule has 2 rings (SSSR count). The van der Waals surface area contributed by atoms with E-state index in [0.29, 0.717) is 22.0 Å². The number of hydrogen-bond acceptors (Lipinski definition) is 2. The predicted octanol–water partition coefficient (Wildman–Crippen LogP) is 4.21. The summed E-state index contributed by atoms with van der Waals surface area (Å²) in [5.41, 5.74) is 1.17. The van der Waals surface area contributed by atoms with Crippen molar-refractivity contribution in [3.63, 3.8) is 0 Å². The zero-order chi connectivity index (χ0) is 13.8. The molecule has 0 saturated heterocycles. The molecule has 98 valence electrons. The molecule has 0 fully saturated rings. The lowest BCUT2D eigenvalue weighted by Crippen LogP contribution is -2.14. The minimum atomic E-state index is -0.212. The van der Waals surface area contributed by atoms with Crippen LogP contribution in [0.4, 0.5) is 5.69 Å². The second-order valence-electron chi connectivity index (χ2n) is 3.78. The smallest absolute Gasteiger partial charge is 0.256 e. The maximum Gasteiger partial charge on any atom is 0.256 e. The van der Waals surface area contributed by atoms with Gasteiger partial charge >= 0.3 is 0 Å². The van der Waals surface area contributed by atoms with Crippen LogP contribution in [0.2, 0.25) is 5.02 Å². The van der Waals surface area contributed by atoms with Gasteiger partial charge in [0.2, 0.25) is 0 Å². The van der Waals surface area contributed by atoms with E-state index in [9.17, 15) is 4.79 Å². The molecule has 0 atom stereocenters. The molecular weight excluding hydrogens is 377 g/mol. The van der Waals surface area contributed by atoms with Gasteiger partial charge in [0.05, 0.1) is 18.4 Å². The fourth-order valence-corrected chi connectivity index (χ4v) is 2.36. The van der Waals surface area contributed by atoms with Crippen LogP contribution in [0, 0.1) is 3.57 Å². The van der Waals surface area contributed by atoms with Crippen LogP contribution in [0.1, 0.15) is 10.4 Å². The molecular formula is C14H11ClINO2. The maximum absolute atomic E-state index is 12.2. The first-order chi connectivity index (χ1) is 9.11. The SMILES string of the molecule is COc1ccccc1NC(=O)c1cc(Cl)ccc1I. The maximum atomic E-state index is 12.2. The fraction of sp³-hybridized carbons (Fsp3) is 0.0714. The van der Waals surface area contributed by atoms with Gasteiger partial charge in [-0.1, -0.05) is 23.7 Å². The van der Waals surface area contributed by atoms with Gasteiger partial charge in [0, 0.05) is 8.59 Å². The number of benzene rings is 2. The van der Waals surface area contributed by atoms with Crippen molar-refractivity contribution in [2.45, 2.75) is 0 Å². The van der Waals surface area contributed by atoms with Crippen LogP contribution < -0.4 is 10.1 Å². The minimum absolute atomic E-state index is 0.212. The van der Waals surface area contributed by atoms with Crippen molar-refractivity contribution in [2.24, 2.45) is 0 Å². The molecule has 0 bridgehead atoms. The van der Waals surface area contributed by atoms with Crippen LogP contribution in [-0.2, 0) is 0 Å². The Morgan fingerprint density at radius 2 is 2.00 bits per heavy atom. The largest absolute Gasteiger partial charge is 0.495 e. The van der Waals surface area contributed by atoms with Gasteiger partial charge in [0.15, 0.2) is 0 Å². The summed E-state index contributed by atoms with van der Waals surface area (Å²) < 4.78 is 6.04. The normalized spacial score (nSPS) is 10.1. The summed E-state index contributed by atoms with van der Waals surface area (Å²) in [4.78, 5) is 12.2. The second kappa shape index (κ2) is 6.25. The van der Waals surface area contributed by atoms with Gasteiger partial charge in [-0.3, -0.25) is 4.79 Å². The highest BCUT2D eigenvalue weighted by atomic mass is 127. The summed E-state index contributed by atoms with van der Waals surface area (Å²) in [5, 5.41) is 3.35. The van der Waals surface area contributed by atoms with Crippen molar-refractivity contribution in [2.75, 3.05) is 12.4 Å². The molecule has 3 nitrogen and oxygen atoms in total. The van der Waals surface area contributed by atoms with Gasteiger partial charge < -0.3 is 10.1 Å². The Kier molecular flexibility index (Phi) is 4.66. The van der Waals surface area contributed by atoms with Crippen LogP contribution in [0.3, 0.4) is 0 Å². The van der Waals surface area contributed by atoms with Crippen molar-refractivity contribution < 1.29 is 9.53 Å². The molecule has 1 amide bonds. The van der Waals surface area contributed by atoms with E-state index < -0.39 is 0 Å². The Balaban J connectivity index is 2.28. The number of nitrogens with one attached hydrogen (secondary N) is 1. The van der Waals surface area contributed by atoms with E-state index in [-0.39, 0.29) is 5.91 Å². The molecule has 0 spiro atoms. The number of amides is 1. The van der Waals surface area contributed by atoms with E-state index in [0.717, 1.165) is 3.57 Å². The van der Waals surface area contributed by atoms with E-state index in [2.05, 4.69) is 27.9 Å². The Labute approximate surface area is 130 Å². The van der Waals surface area contributed by atoms with Gasteiger partial charge in [-0.05, 0) is 52.9 Å². The highest BCUT2D eigenvalue weighted by molar-refractivity contribution is 14.1. The van der Waals surface area contributed by atoms with E-state index >= 15 is 0 Å². The third-order valence-electron chi connectivity index (χ3n) is 2.53. The van der Waals surface area contributed by atoms with E-state index in [1.54, 1.807) is 37.4 Å². The lowest BCUT2D eigenvalue weighted by molar-refractivity contribution is 0.102. The predicted molar refractivity (Wildman–Crippen MR) is 85.1 cm³/mol. The van der Waals surface area contributed by atoms with Gasteiger partial charge in [-0.25, -0.2) is 0 Å². The van der Waals surface area contributed by atoms with Crippen molar-refractivity contribution >= 4 is 45.8 Å². The van der Waals surface area contributed by atoms with E-state index in [1.165, 1.54) is 0 Å². The first-order valence-electron chi connectivity index (χ1n) is 5.51. The van der Waals surface area contributed by atoms with Crippen molar-refractivity contribution in [3.8, 4) is 5.75 Å². The van der Waals surface area contributed by atoms with Crippen LogP contribution in [0.5, 0.6) is 5.75 Å². The highest BCUT2D eigenvalue weighted by Crippen LogP contribution is 2.25. The zero-order valence-electron chi connectivity index (χ0n) is 10.1. The van der Waals surface area contributed by atoms with Crippen molar-refractivity contribution in [1.29, 1.82) is 0 Å². The van der Waals surface area contributed by atoms with Gasteiger partial charge in [-0.2, -0.15) is 0 Å². The van der Waals surface area contributed by atoms with Gasteiger partial charge in [0.1, 0.15) is 5.75 Å². The molecule has 0 unspecified atom stereocenters. The molecule has 0 aliphatic rings. The first kappa shape index (κ1) is 14.1. The summed E-state index contributed by atoms with van der Waals surface area (Å²) in [7, 11) is 1.56. The van der Waals surface area contributed by atoms with Crippen LogP contribution >= 0.6 is 34.2 Å². The molecule has 19 heavy (non-hydrogen) atoms. The summed E-state index contributed by atoms with van der Waals surface area (Å²) in [6.07, 6.45) is 0. The topological polar surface area (TPSA) is 38.3 Å². The summed E-state index contributed by atoms with van der Waals surface area (Å²) in [5.74, 6) is 0.407. The number of anilines is 1. The van der Waals surface area contributed by atoms with Gasteiger partial charge in [0.25, 0.3) is 5.91 Å². The molecule has 1 N–H and O–H groups in total. The Bertz CT molecular complexity index is 616. The zero-order valence-corrected chi connectivity index (χ0v) is 13.0. The number of carbonyl (C=O) groups is 1. The van der Waals surface area contributed by atoms with Crippen LogP contribution in [0.25, 0.3) is 0 Å². The van der Waals surface area contributed by atoms with Crippen LogP contribution in [-0.4, -0.2) is 13.0 Å². The quantitative estimate of drug-likeness (QED) is 0.802. The Morgan fingerprint density at radius 1 is 1.26 bits per heavy atom. The number of carbonyl (C=O) groups excluding carboxylic acids is 1. The van der Waals surface area contributed by atoms with Crippen molar-refractivity contribution in [3.05, 3.63) is 56.6 Å². The molecule has 0 heterocycles. The average molecular weight is 388 g/mol. The van der Waals surface area contributed by atoms with Gasteiger partial charge in [-0.15, -0.1) is 0 Å². The molecule has 0 aliphatic carbocycles. The summed E-state index contributed by atoms with van der Waals surface area (Å²) in [6.45, 7) is 0. The third kappa shape index (κ3) is 3.39. The molecule has 5 heteroatoms. The Hall–Kier alpha value is -1.27. The Morgan fingerprint density at radius 3 is 2.74 bits per heavy atom. The molecule has 2 aromatic carbocycles. The summed E-state index contributed by atoms with van der Waals surface area (Å²) in [6, 6.07) is 12.5. The first-order valence-corrected chi connectivity index (χ1v) is 6.97. The number of ether oxygens (including phenoxy) is 1. The minimum Gasteiger partial charge on any atom is -0.495 e.